The number of fused-ring (bicyclic) bond motifs is 2. The number of para-hydroxylation sites is 2. The summed E-state index contributed by atoms with van der Waals surface area (Å²) < 4.78 is 36.5. The molecule has 0 unspecified atom stereocenters. The summed E-state index contributed by atoms with van der Waals surface area (Å²) in [5.74, 6) is 0.842. The lowest BCUT2D eigenvalue weighted by molar-refractivity contribution is 0.414. The van der Waals surface area contributed by atoms with Gasteiger partial charge in [0.2, 0.25) is 10.0 Å². The Kier molecular flexibility index (Phi) is 6.26. The highest BCUT2D eigenvalue weighted by Crippen LogP contribution is 2.36. The van der Waals surface area contributed by atoms with Crippen LogP contribution in [0.2, 0.25) is 0 Å². The minimum absolute atomic E-state index is 0.264. The van der Waals surface area contributed by atoms with Gasteiger partial charge in [0, 0.05) is 53.4 Å². The number of hydrogen-bond acceptors (Lipinski definition) is 4. The van der Waals surface area contributed by atoms with Crippen LogP contribution < -0.4 is 4.74 Å². The number of pyridine rings is 1. The van der Waals surface area contributed by atoms with Crippen molar-refractivity contribution >= 4 is 37.4 Å². The maximum absolute atomic E-state index is 13.6. The second kappa shape index (κ2) is 9.74. The first-order valence-electron chi connectivity index (χ1n) is 12.7. The molecule has 0 saturated carbocycles. The molecule has 0 saturated heterocycles. The number of methoxy groups -OCH3 is 1. The summed E-state index contributed by atoms with van der Waals surface area (Å²) in [4.78, 5) is 4.63. The van der Waals surface area contributed by atoms with E-state index in [2.05, 4.69) is 58.9 Å². The SMILES string of the molecule is COc1ccc(Cn2c(C)c(C3=CCN(S(=O)(=O)c4cccc5cccnc45)CC3)c3ccccc32)cc1. The molecule has 1 aliphatic rings. The van der Waals surface area contributed by atoms with Crippen LogP contribution >= 0.6 is 0 Å². The average molecular weight is 524 g/mol. The van der Waals surface area contributed by atoms with E-state index >= 15 is 0 Å². The molecule has 0 atom stereocenters. The monoisotopic (exact) mass is 523 g/mol. The lowest BCUT2D eigenvalue weighted by Gasteiger charge is -2.26. The van der Waals surface area contributed by atoms with Crippen molar-refractivity contribution in [3.8, 4) is 5.75 Å². The third-order valence-corrected chi connectivity index (χ3v) is 9.33. The van der Waals surface area contributed by atoms with Crippen molar-refractivity contribution in [3.05, 3.63) is 108 Å². The molecule has 6 rings (SSSR count). The van der Waals surface area contributed by atoms with E-state index in [1.54, 1.807) is 29.7 Å². The summed E-state index contributed by atoms with van der Waals surface area (Å²) in [5.41, 5.74) is 6.46. The van der Waals surface area contributed by atoms with Crippen LogP contribution in [-0.2, 0) is 16.6 Å². The number of nitrogens with zero attached hydrogens (tertiary/aromatic N) is 3. The van der Waals surface area contributed by atoms with Crippen LogP contribution in [0.5, 0.6) is 5.75 Å². The van der Waals surface area contributed by atoms with Crippen molar-refractivity contribution in [2.75, 3.05) is 20.2 Å². The number of benzene rings is 3. The molecule has 5 aromatic rings. The molecule has 0 N–H and O–H groups in total. The quantitative estimate of drug-likeness (QED) is 0.273. The fourth-order valence-corrected chi connectivity index (χ4v) is 7.02. The van der Waals surface area contributed by atoms with Gasteiger partial charge in [0.05, 0.1) is 12.6 Å². The van der Waals surface area contributed by atoms with Gasteiger partial charge in [-0.2, -0.15) is 4.31 Å². The van der Waals surface area contributed by atoms with Gasteiger partial charge in [-0.1, -0.05) is 54.6 Å². The van der Waals surface area contributed by atoms with E-state index in [9.17, 15) is 8.42 Å². The number of hydrogen-bond donors (Lipinski definition) is 0. The van der Waals surface area contributed by atoms with Crippen LogP contribution in [0.1, 0.15) is 23.2 Å². The summed E-state index contributed by atoms with van der Waals surface area (Å²) >= 11 is 0. The van der Waals surface area contributed by atoms with Crippen LogP contribution in [0.25, 0.3) is 27.4 Å². The summed E-state index contributed by atoms with van der Waals surface area (Å²) in [6.45, 7) is 3.66. The fourth-order valence-electron chi connectivity index (χ4n) is 5.47. The maximum atomic E-state index is 13.6. The summed E-state index contributed by atoms with van der Waals surface area (Å²) in [6, 6.07) is 25.6. The molecule has 2 aromatic heterocycles. The van der Waals surface area contributed by atoms with Crippen molar-refractivity contribution in [3.63, 3.8) is 0 Å². The van der Waals surface area contributed by atoms with Crippen molar-refractivity contribution < 1.29 is 13.2 Å². The first kappa shape index (κ1) is 24.4. The molecule has 0 amide bonds. The smallest absolute Gasteiger partial charge is 0.245 e. The largest absolute Gasteiger partial charge is 0.497 e. The molecule has 7 heteroatoms. The molecule has 0 aliphatic carbocycles. The minimum Gasteiger partial charge on any atom is -0.497 e. The van der Waals surface area contributed by atoms with Gasteiger partial charge in [0.25, 0.3) is 0 Å². The minimum atomic E-state index is -3.68. The molecule has 6 nitrogen and oxygen atoms in total. The second-order valence-electron chi connectivity index (χ2n) is 9.59. The van der Waals surface area contributed by atoms with Crippen LogP contribution in [-0.4, -0.2) is 42.5 Å². The van der Waals surface area contributed by atoms with E-state index in [0.717, 1.165) is 17.7 Å². The normalized spacial score (nSPS) is 14.6. The first-order valence-corrected chi connectivity index (χ1v) is 14.2. The highest BCUT2D eigenvalue weighted by atomic mass is 32.2. The molecule has 3 aromatic carbocycles. The summed E-state index contributed by atoms with van der Waals surface area (Å²) in [5, 5.41) is 2.02. The van der Waals surface area contributed by atoms with Gasteiger partial charge in [-0.15, -0.1) is 0 Å². The predicted molar refractivity (Wildman–Crippen MR) is 152 cm³/mol. The molecule has 0 bridgehead atoms. The van der Waals surface area contributed by atoms with Crippen molar-refractivity contribution in [2.45, 2.75) is 24.8 Å². The number of rotatable bonds is 6. The lowest BCUT2D eigenvalue weighted by Crippen LogP contribution is -2.34. The van der Waals surface area contributed by atoms with Gasteiger partial charge in [-0.25, -0.2) is 8.42 Å². The van der Waals surface area contributed by atoms with Gasteiger partial charge < -0.3 is 9.30 Å². The third-order valence-electron chi connectivity index (χ3n) is 7.44. The van der Waals surface area contributed by atoms with Crippen LogP contribution in [0.3, 0.4) is 0 Å². The molecule has 38 heavy (non-hydrogen) atoms. The Labute approximate surface area is 222 Å². The van der Waals surface area contributed by atoms with E-state index < -0.39 is 10.0 Å². The molecule has 0 spiro atoms. The number of sulfonamides is 1. The van der Waals surface area contributed by atoms with E-state index in [4.69, 9.17) is 4.74 Å². The molecular weight excluding hydrogens is 494 g/mol. The van der Waals surface area contributed by atoms with Gasteiger partial charge in [-0.3, -0.25) is 4.98 Å². The first-order chi connectivity index (χ1) is 18.5. The van der Waals surface area contributed by atoms with Gasteiger partial charge in [0.15, 0.2) is 0 Å². The Morgan fingerprint density at radius 1 is 0.947 bits per heavy atom. The van der Waals surface area contributed by atoms with Crippen molar-refractivity contribution in [1.82, 2.24) is 13.9 Å². The van der Waals surface area contributed by atoms with Crippen molar-refractivity contribution in [1.29, 1.82) is 0 Å². The van der Waals surface area contributed by atoms with E-state index in [0.29, 0.717) is 25.0 Å². The summed E-state index contributed by atoms with van der Waals surface area (Å²) in [7, 11) is -2.00. The van der Waals surface area contributed by atoms with Crippen molar-refractivity contribution in [2.24, 2.45) is 0 Å². The molecular formula is C31H29N3O3S. The van der Waals surface area contributed by atoms with Gasteiger partial charge in [-0.05, 0) is 54.8 Å². The zero-order valence-electron chi connectivity index (χ0n) is 21.5. The van der Waals surface area contributed by atoms with Gasteiger partial charge >= 0.3 is 0 Å². The Morgan fingerprint density at radius 2 is 1.74 bits per heavy atom. The Balaban J connectivity index is 1.34. The van der Waals surface area contributed by atoms with E-state index in [1.165, 1.54) is 33.3 Å². The van der Waals surface area contributed by atoms with E-state index in [-0.39, 0.29) is 4.90 Å². The molecule has 0 radical (unpaired) electrons. The zero-order valence-corrected chi connectivity index (χ0v) is 22.3. The number of aromatic nitrogens is 2. The third kappa shape index (κ3) is 4.18. The van der Waals surface area contributed by atoms with Crippen LogP contribution in [0, 0.1) is 6.92 Å². The van der Waals surface area contributed by atoms with Gasteiger partial charge in [0.1, 0.15) is 10.6 Å². The predicted octanol–water partition coefficient (Wildman–Crippen LogP) is 6.03. The fraction of sp³-hybridized carbons (Fsp3) is 0.194. The average Bonchev–Trinajstić information content (AvgIpc) is 3.24. The second-order valence-corrected chi connectivity index (χ2v) is 11.5. The molecule has 192 valence electrons. The van der Waals surface area contributed by atoms with E-state index in [1.807, 2.05) is 30.3 Å². The number of ether oxygens (including phenoxy) is 1. The highest BCUT2D eigenvalue weighted by Gasteiger charge is 2.29. The summed E-state index contributed by atoms with van der Waals surface area (Å²) in [6.07, 6.45) is 4.36. The maximum Gasteiger partial charge on any atom is 0.245 e. The topological polar surface area (TPSA) is 64.4 Å². The highest BCUT2D eigenvalue weighted by molar-refractivity contribution is 7.89. The molecule has 0 fully saturated rings. The lowest BCUT2D eigenvalue weighted by atomic mass is 9.97. The molecule has 1 aliphatic heterocycles. The Morgan fingerprint density at radius 3 is 2.50 bits per heavy atom. The van der Waals surface area contributed by atoms with Crippen LogP contribution in [0.15, 0.2) is 96.0 Å². The Bertz CT molecular complexity index is 1780. The molecule has 3 heterocycles. The Hall–Kier alpha value is -3.94. The van der Waals surface area contributed by atoms with Crippen LogP contribution in [0.4, 0.5) is 0 Å². The zero-order chi connectivity index (χ0) is 26.3. The standard InChI is InChI=1S/C31H29N3O3S/c1-22-30(27-9-3-4-10-28(27)34(22)21-23-12-14-26(37-2)15-13-23)24-16-19-33(20-17-24)38(35,36)29-11-5-7-25-8-6-18-32-31(25)29/h3-16,18H,17,19-21H2,1-2H3.